The van der Waals surface area contributed by atoms with Crippen molar-refractivity contribution in [1.82, 2.24) is 24.9 Å². The maximum atomic E-state index is 13.1. The predicted molar refractivity (Wildman–Crippen MR) is 156 cm³/mol. The molecule has 0 bridgehead atoms. The molecule has 232 valence electrons. The molecule has 2 aromatic heterocycles. The number of hydroxylamine groups is 2. The second kappa shape index (κ2) is 12.9. The Balaban J connectivity index is 1.34. The van der Waals surface area contributed by atoms with E-state index in [4.69, 9.17) is 31.3 Å². The molecule has 1 saturated heterocycles. The fourth-order valence-electron chi connectivity index (χ4n) is 4.06. The van der Waals surface area contributed by atoms with Crippen molar-refractivity contribution in [3.05, 3.63) is 41.5 Å². The van der Waals surface area contributed by atoms with E-state index in [1.165, 1.54) is 19.2 Å². The van der Waals surface area contributed by atoms with Crippen LogP contribution in [0.3, 0.4) is 0 Å². The topological polar surface area (TPSA) is 253 Å². The van der Waals surface area contributed by atoms with Crippen molar-refractivity contribution in [3.8, 4) is 17.0 Å². The Morgan fingerprint density at radius 1 is 1.21 bits per heavy atom. The third-order valence-electron chi connectivity index (χ3n) is 6.26. The van der Waals surface area contributed by atoms with Crippen LogP contribution in [-0.2, 0) is 35.7 Å². The van der Waals surface area contributed by atoms with Gasteiger partial charge in [-0.1, -0.05) is 5.16 Å². The van der Waals surface area contributed by atoms with Gasteiger partial charge in [0.25, 0.3) is 11.8 Å². The Labute approximate surface area is 250 Å². The Morgan fingerprint density at radius 2 is 1.93 bits per heavy atom. The van der Waals surface area contributed by atoms with Gasteiger partial charge in [-0.05, 0) is 51.1 Å². The van der Waals surface area contributed by atoms with E-state index >= 15 is 0 Å². The number of ether oxygens (including phenoxy) is 1. The van der Waals surface area contributed by atoms with Crippen LogP contribution < -0.4 is 27.3 Å². The highest BCUT2D eigenvalue weighted by Gasteiger charge is 2.58. The average Bonchev–Trinajstić information content (AvgIpc) is 3.55. The summed E-state index contributed by atoms with van der Waals surface area (Å²) in [6, 6.07) is 5.99. The van der Waals surface area contributed by atoms with E-state index in [0.717, 1.165) is 29.0 Å². The van der Waals surface area contributed by atoms with Gasteiger partial charge in [0.15, 0.2) is 17.5 Å². The highest BCUT2D eigenvalue weighted by molar-refractivity contribution is 7.80. The van der Waals surface area contributed by atoms with Crippen LogP contribution in [0.5, 0.6) is 5.75 Å². The molecule has 1 atom stereocenters. The molecule has 4 rings (SSSR count). The number of nitrogens with zero attached hydrogens (tertiary/aromatic N) is 5. The van der Waals surface area contributed by atoms with Crippen LogP contribution in [-0.4, -0.2) is 81.4 Å². The number of hydrogen-bond acceptors (Lipinski definition) is 14. The van der Waals surface area contributed by atoms with Crippen molar-refractivity contribution >= 4 is 50.3 Å². The number of anilines is 2. The van der Waals surface area contributed by atoms with Gasteiger partial charge in [0.2, 0.25) is 5.95 Å². The van der Waals surface area contributed by atoms with Crippen molar-refractivity contribution in [3.63, 3.8) is 0 Å². The lowest BCUT2D eigenvalue weighted by Gasteiger charge is -2.50. The lowest BCUT2D eigenvalue weighted by atomic mass is 9.84. The molecule has 1 aliphatic rings. The zero-order chi connectivity index (χ0) is 31.4. The van der Waals surface area contributed by atoms with Gasteiger partial charge in [-0.3, -0.25) is 14.1 Å². The molecule has 0 radical (unpaired) electrons. The fraction of sp³-hybridized carbons (Fsp3) is 0.375. The number of carbonyl (C=O) groups excluding carboxylic acids is 2. The van der Waals surface area contributed by atoms with Crippen molar-refractivity contribution in [2.45, 2.75) is 38.4 Å². The van der Waals surface area contributed by atoms with E-state index in [1.54, 1.807) is 12.1 Å². The molecule has 17 nitrogen and oxygen atoms in total. The summed E-state index contributed by atoms with van der Waals surface area (Å²) in [6.07, 6.45) is 2.65. The molecule has 1 unspecified atom stereocenters. The quantitative estimate of drug-likeness (QED) is 0.0520. The standard InChI is InChI=1S/C24H31N9O8S2/c1-24(2)19(21(35)33(24)41-43(36,37)38)30-20(34)18(17-13-42-23(27)29-17)31-40-11-10-39-15-6-4-14(5-7-15)16-12-32(9-3-8-25)22(26)28-16/h4-7,12-13,19H,3,8-11,25H2,1-2H3,(H2,26,28)(H2,27,29)(H,30,34)(H,36,37,38)/b31-18-. The van der Waals surface area contributed by atoms with E-state index in [2.05, 4.69) is 24.7 Å². The molecule has 3 aromatic rings. The van der Waals surface area contributed by atoms with Crippen LogP contribution in [0.15, 0.2) is 41.0 Å². The predicted octanol–water partition coefficient (Wildman–Crippen LogP) is 0.160. The number of β-lactam (4-membered cyclic amide) rings is 1. The van der Waals surface area contributed by atoms with Crippen molar-refractivity contribution < 1.29 is 36.4 Å². The van der Waals surface area contributed by atoms with Crippen LogP contribution in [0.1, 0.15) is 26.0 Å². The number of benzene rings is 1. The van der Waals surface area contributed by atoms with Crippen LogP contribution in [0.4, 0.5) is 11.1 Å². The molecule has 1 aliphatic heterocycles. The summed E-state index contributed by atoms with van der Waals surface area (Å²) in [5, 5.41) is 8.42. The third kappa shape index (κ3) is 7.56. The lowest BCUT2D eigenvalue weighted by molar-refractivity contribution is -0.218. The number of carbonyl (C=O) groups is 2. The molecule has 2 amide bonds. The van der Waals surface area contributed by atoms with E-state index in [-0.39, 0.29) is 29.8 Å². The summed E-state index contributed by atoms with van der Waals surface area (Å²) >= 11 is 1.06. The van der Waals surface area contributed by atoms with Gasteiger partial charge in [-0.25, -0.2) is 9.97 Å². The van der Waals surface area contributed by atoms with Crippen LogP contribution in [0.2, 0.25) is 0 Å². The van der Waals surface area contributed by atoms with Crippen LogP contribution in [0.25, 0.3) is 11.3 Å². The van der Waals surface area contributed by atoms with Gasteiger partial charge < -0.3 is 36.7 Å². The minimum atomic E-state index is -4.95. The van der Waals surface area contributed by atoms with Gasteiger partial charge in [0, 0.05) is 23.7 Å². The number of oxime groups is 1. The van der Waals surface area contributed by atoms with Crippen molar-refractivity contribution in [1.29, 1.82) is 0 Å². The molecule has 0 saturated carbocycles. The van der Waals surface area contributed by atoms with Gasteiger partial charge in [0.05, 0.1) is 11.2 Å². The Morgan fingerprint density at radius 3 is 2.53 bits per heavy atom. The molecular weight excluding hydrogens is 606 g/mol. The molecule has 43 heavy (non-hydrogen) atoms. The maximum absolute atomic E-state index is 13.1. The molecule has 8 N–H and O–H groups in total. The number of rotatable bonds is 14. The molecule has 0 aliphatic carbocycles. The monoisotopic (exact) mass is 637 g/mol. The number of imidazole rings is 1. The van der Waals surface area contributed by atoms with Crippen molar-refractivity contribution in [2.75, 3.05) is 31.2 Å². The first-order valence-electron chi connectivity index (χ1n) is 12.8. The molecule has 19 heteroatoms. The first kappa shape index (κ1) is 31.6. The molecule has 1 fully saturated rings. The van der Waals surface area contributed by atoms with Crippen molar-refractivity contribution in [2.24, 2.45) is 10.9 Å². The fourth-order valence-corrected chi connectivity index (χ4v) is 5.06. The van der Waals surface area contributed by atoms with E-state index in [9.17, 15) is 18.0 Å². The van der Waals surface area contributed by atoms with Gasteiger partial charge in [-0.2, -0.15) is 13.5 Å². The zero-order valence-electron chi connectivity index (χ0n) is 23.2. The van der Waals surface area contributed by atoms with E-state index in [0.29, 0.717) is 29.9 Å². The number of nitrogen functional groups attached to an aromatic ring is 2. The molecule has 0 spiro atoms. The van der Waals surface area contributed by atoms with Crippen LogP contribution in [0, 0.1) is 0 Å². The Kier molecular flexibility index (Phi) is 9.50. The summed E-state index contributed by atoms with van der Waals surface area (Å²) in [7, 11) is -4.95. The SMILES string of the molecule is CC1(C)C(NC(=O)/C(=N\OCCOc2ccc(-c3cn(CCCN)c(N)n3)cc2)c2csc(N)n2)C(=O)N1OS(=O)(=O)O. The third-order valence-corrected chi connectivity index (χ3v) is 7.27. The number of amides is 2. The minimum Gasteiger partial charge on any atom is -0.490 e. The molecule has 3 heterocycles. The Bertz CT molecular complexity index is 1600. The number of aromatic nitrogens is 3. The summed E-state index contributed by atoms with van der Waals surface area (Å²) in [5.41, 5.74) is 17.3. The number of nitrogens with two attached hydrogens (primary N) is 3. The first-order chi connectivity index (χ1) is 20.3. The number of aryl methyl sites for hydroxylation is 1. The lowest BCUT2D eigenvalue weighted by Crippen LogP contribution is -2.76. The smallest absolute Gasteiger partial charge is 0.418 e. The minimum absolute atomic E-state index is 0.0515. The maximum Gasteiger partial charge on any atom is 0.418 e. The van der Waals surface area contributed by atoms with Gasteiger partial charge >= 0.3 is 10.4 Å². The second-order valence-corrected chi connectivity index (χ2v) is 11.6. The van der Waals surface area contributed by atoms with E-state index < -0.39 is 33.8 Å². The summed E-state index contributed by atoms with van der Waals surface area (Å²) in [4.78, 5) is 39.2. The second-order valence-electron chi connectivity index (χ2n) is 9.73. The zero-order valence-corrected chi connectivity index (χ0v) is 24.8. The molecule has 1 aromatic carbocycles. The van der Waals surface area contributed by atoms with E-state index in [1.807, 2.05) is 22.9 Å². The number of hydrogen-bond donors (Lipinski definition) is 5. The van der Waals surface area contributed by atoms with Gasteiger partial charge in [-0.15, -0.1) is 15.6 Å². The average molecular weight is 638 g/mol. The molecular formula is C24H31N9O8S2. The summed E-state index contributed by atoms with van der Waals surface area (Å²) < 4.78 is 42.8. The highest BCUT2D eigenvalue weighted by atomic mass is 32.3. The normalized spacial score (nSPS) is 16.6. The Hall–Kier alpha value is -4.30. The largest absolute Gasteiger partial charge is 0.490 e. The summed E-state index contributed by atoms with van der Waals surface area (Å²) in [6.45, 7) is 4.11. The summed E-state index contributed by atoms with van der Waals surface area (Å²) in [5.74, 6) is -0.784. The number of nitrogens with one attached hydrogen (secondary N) is 1. The first-order valence-corrected chi connectivity index (χ1v) is 15.0. The number of thiazole rings is 1. The van der Waals surface area contributed by atoms with Crippen LogP contribution >= 0.6 is 11.3 Å². The highest BCUT2D eigenvalue weighted by Crippen LogP contribution is 2.33. The van der Waals surface area contributed by atoms with Gasteiger partial charge in [0.1, 0.15) is 24.1 Å².